The number of aromatic nitrogens is 2. The van der Waals surface area contributed by atoms with Crippen molar-refractivity contribution in [2.45, 2.75) is 6.92 Å². The molecule has 0 aliphatic heterocycles. The monoisotopic (exact) mass is 420 g/mol. The van der Waals surface area contributed by atoms with Crippen LogP contribution in [-0.4, -0.2) is 44.4 Å². The zero-order chi connectivity index (χ0) is 18.3. The van der Waals surface area contributed by atoms with Crippen LogP contribution in [0.5, 0.6) is 0 Å². The minimum atomic E-state index is -4.92. The molecule has 1 unspecified atom stereocenters. The molecule has 0 spiro atoms. The van der Waals surface area contributed by atoms with Crippen LogP contribution in [0.2, 0.25) is 5.15 Å². The molecule has 1 aromatic carbocycles. The van der Waals surface area contributed by atoms with Crippen LogP contribution >= 0.6 is 11.6 Å². The molecular formula is C12H14AsClN4O6. The van der Waals surface area contributed by atoms with Gasteiger partial charge in [0.1, 0.15) is 11.5 Å². The van der Waals surface area contributed by atoms with Gasteiger partial charge in [-0.3, -0.25) is 5.41 Å². The maximum Gasteiger partial charge on any atom is 0.165 e. The largest absolute Gasteiger partial charge is 0.425 e. The number of amides is 1. The summed E-state index contributed by atoms with van der Waals surface area (Å²) in [6.45, 7) is 1.27. The first-order chi connectivity index (χ1) is 11.2. The number of hydrogen-bond donors (Lipinski definition) is 5. The average molecular weight is 421 g/mol. The summed E-state index contributed by atoms with van der Waals surface area (Å²) >= 11 is 0.437. The first kappa shape index (κ1) is 19.9. The molecule has 1 atom stereocenters. The normalized spacial score (nSPS) is 12.5. The van der Waals surface area contributed by atoms with Crippen molar-refractivity contribution in [1.29, 1.82) is 5.41 Å². The van der Waals surface area contributed by atoms with E-state index in [9.17, 15) is 12.6 Å². The van der Waals surface area contributed by atoms with E-state index in [0.29, 0.717) is 4.73 Å². The quantitative estimate of drug-likeness (QED) is 0.153. The molecule has 0 fully saturated rings. The Labute approximate surface area is 143 Å². The fourth-order valence-electron chi connectivity index (χ4n) is 1.45. The van der Waals surface area contributed by atoms with Crippen LogP contribution in [0.1, 0.15) is 6.92 Å². The molecule has 0 radical (unpaired) electrons. The molecule has 1 amide bonds. The van der Waals surface area contributed by atoms with Crippen LogP contribution in [0.15, 0.2) is 36.7 Å². The second-order valence-corrected chi connectivity index (χ2v) is 8.17. The first-order valence-corrected chi connectivity index (χ1v) is 9.87. The van der Waals surface area contributed by atoms with Gasteiger partial charge in [0.25, 0.3) is 0 Å². The van der Waals surface area contributed by atoms with Gasteiger partial charge in [0, 0.05) is 6.07 Å². The van der Waals surface area contributed by atoms with Gasteiger partial charge < -0.3 is 5.21 Å². The maximum absolute atomic E-state index is 11.4. The molecule has 24 heavy (non-hydrogen) atoms. The average Bonchev–Trinajstić information content (AvgIpc) is 2.52. The van der Waals surface area contributed by atoms with Gasteiger partial charge in [-0.05, 0) is 0 Å². The number of hydrogen-bond acceptors (Lipinski definition) is 7. The standard InChI is InChI=1S/C8H10AsNO5.C4H4ClN3O/c1-6(11)10-8-5-3-2-4-7(8)9(12,13)15-14;5-3-1-4(6)8(9)2-7-3/h2-5,14H,1H3,(H,10,11)(H,12,13);1-2,6,9H. The van der Waals surface area contributed by atoms with E-state index in [2.05, 4.69) is 14.2 Å². The Morgan fingerprint density at radius 1 is 1.46 bits per heavy atom. The summed E-state index contributed by atoms with van der Waals surface area (Å²) < 4.78 is 24.7. The molecule has 10 nitrogen and oxygen atoms in total. The van der Waals surface area contributed by atoms with Crippen LogP contribution in [0.3, 0.4) is 0 Å². The van der Waals surface area contributed by atoms with Crippen molar-refractivity contribution in [3.8, 4) is 0 Å². The van der Waals surface area contributed by atoms with Gasteiger partial charge in [0.2, 0.25) is 0 Å². The number of halogens is 1. The van der Waals surface area contributed by atoms with Crippen LogP contribution in [-0.2, 0) is 12.4 Å². The van der Waals surface area contributed by atoms with Gasteiger partial charge in [-0.2, -0.15) is 4.73 Å². The zero-order valence-corrected chi connectivity index (χ0v) is 14.9. The summed E-state index contributed by atoms with van der Waals surface area (Å²) in [5.41, 5.74) is 0.0686. The minimum Gasteiger partial charge on any atom is -0.425 e. The van der Waals surface area contributed by atoms with Gasteiger partial charge in [0.05, 0.1) is 0 Å². The van der Waals surface area contributed by atoms with E-state index in [0.717, 1.165) is 6.33 Å². The summed E-state index contributed by atoms with van der Waals surface area (Å²) in [5, 5.41) is 26.5. The van der Waals surface area contributed by atoms with E-state index in [1.165, 1.54) is 31.2 Å². The van der Waals surface area contributed by atoms with Crippen LogP contribution in [0.25, 0.3) is 0 Å². The van der Waals surface area contributed by atoms with Gasteiger partial charge in [-0.15, -0.1) is 0 Å². The summed E-state index contributed by atoms with van der Waals surface area (Å²) in [6, 6.07) is 7.08. The van der Waals surface area contributed by atoms with E-state index in [1.54, 1.807) is 6.07 Å². The number of carbonyl (C=O) groups excluding carboxylic acids is 1. The molecule has 0 saturated heterocycles. The Morgan fingerprint density at radius 3 is 2.58 bits per heavy atom. The number of rotatable bonds is 3. The van der Waals surface area contributed by atoms with E-state index in [1.807, 2.05) is 0 Å². The van der Waals surface area contributed by atoms with Crippen molar-refractivity contribution in [1.82, 2.24) is 9.71 Å². The number of anilines is 1. The van der Waals surface area contributed by atoms with Crippen molar-refractivity contribution in [3.05, 3.63) is 47.3 Å². The molecule has 0 aliphatic carbocycles. The number of nitrogens with zero attached hydrogens (tertiary/aromatic N) is 2. The summed E-state index contributed by atoms with van der Waals surface area (Å²) in [6.07, 6.45) is 1.06. The fourth-order valence-corrected chi connectivity index (χ4v) is 3.27. The van der Waals surface area contributed by atoms with Crippen molar-refractivity contribution >= 4 is 41.7 Å². The van der Waals surface area contributed by atoms with E-state index < -0.39 is 14.2 Å². The second kappa shape index (κ2) is 8.67. The molecule has 5 N–H and O–H groups in total. The Kier molecular flexibility index (Phi) is 7.20. The van der Waals surface area contributed by atoms with Gasteiger partial charge in [-0.1, -0.05) is 11.6 Å². The van der Waals surface area contributed by atoms with Crippen LogP contribution in [0.4, 0.5) is 5.69 Å². The maximum atomic E-state index is 11.4. The zero-order valence-electron chi connectivity index (χ0n) is 12.3. The smallest absolute Gasteiger partial charge is 0.165 e. The van der Waals surface area contributed by atoms with Crippen molar-refractivity contribution in [2.75, 3.05) is 5.32 Å². The van der Waals surface area contributed by atoms with Crippen molar-refractivity contribution in [3.63, 3.8) is 0 Å². The molecular weight excluding hydrogens is 407 g/mol. The van der Waals surface area contributed by atoms with Gasteiger partial charge in [-0.25, -0.2) is 4.98 Å². The minimum absolute atomic E-state index is 0.0880. The van der Waals surface area contributed by atoms with Gasteiger partial charge >= 0.3 is 88.4 Å². The van der Waals surface area contributed by atoms with Crippen LogP contribution in [0, 0.1) is 5.41 Å². The predicted molar refractivity (Wildman–Crippen MR) is 83.0 cm³/mol. The van der Waals surface area contributed by atoms with E-state index in [4.69, 9.17) is 27.5 Å². The summed E-state index contributed by atoms with van der Waals surface area (Å²) in [4.78, 5) is 14.3. The molecule has 0 saturated carbocycles. The third-order valence-corrected chi connectivity index (χ3v) is 5.19. The SMILES string of the molecule is CC(=O)Nc1ccccc1[As](=O)(O)OO.N=c1cc(Cl)ncn1O. The van der Waals surface area contributed by atoms with Crippen molar-refractivity contribution in [2.24, 2.45) is 0 Å². The van der Waals surface area contributed by atoms with Crippen molar-refractivity contribution < 1.29 is 27.0 Å². The first-order valence-electron chi connectivity index (χ1n) is 6.18. The third-order valence-electron chi connectivity index (χ3n) is 2.42. The Morgan fingerprint density at radius 2 is 2.08 bits per heavy atom. The van der Waals surface area contributed by atoms with Gasteiger partial charge in [0.15, 0.2) is 5.49 Å². The number of nitrogens with one attached hydrogen (secondary N) is 2. The summed E-state index contributed by atoms with van der Waals surface area (Å²) in [7, 11) is 0. The van der Waals surface area contributed by atoms with E-state index >= 15 is 0 Å². The molecule has 0 aliphatic rings. The third kappa shape index (κ3) is 5.84. The van der Waals surface area contributed by atoms with E-state index in [-0.39, 0.29) is 26.6 Å². The molecule has 2 aromatic rings. The molecule has 1 aromatic heterocycles. The Hall–Kier alpha value is -2.10. The molecule has 12 heteroatoms. The Balaban J connectivity index is 0.000000272. The number of para-hydroxylation sites is 1. The summed E-state index contributed by atoms with van der Waals surface area (Å²) in [5.74, 6) is -0.379. The Bertz CT molecular complexity index is 827. The van der Waals surface area contributed by atoms with Crippen LogP contribution < -0.4 is 15.2 Å². The molecule has 1 heterocycles. The fraction of sp³-hybridized carbons (Fsp3) is 0.0833. The molecule has 2 rings (SSSR count). The number of benzene rings is 1. The topological polar surface area (TPSA) is 158 Å². The number of carbonyl (C=O) groups is 1. The molecule has 130 valence electrons. The second-order valence-electron chi connectivity index (χ2n) is 4.24. The molecule has 0 bridgehead atoms. The predicted octanol–water partition coefficient (Wildman–Crippen LogP) is -0.0434.